The van der Waals surface area contributed by atoms with Crippen molar-refractivity contribution in [2.75, 3.05) is 30.5 Å². The third kappa shape index (κ3) is 6.18. The quantitative estimate of drug-likeness (QED) is 0.306. The highest BCUT2D eigenvalue weighted by Crippen LogP contribution is 2.29. The van der Waals surface area contributed by atoms with E-state index < -0.39 is 12.0 Å². The number of methoxy groups -OCH3 is 1. The zero-order valence-corrected chi connectivity index (χ0v) is 22.1. The van der Waals surface area contributed by atoms with Crippen LogP contribution in [0.5, 0.6) is 5.75 Å². The van der Waals surface area contributed by atoms with Crippen molar-refractivity contribution in [2.24, 2.45) is 0 Å². The van der Waals surface area contributed by atoms with Crippen LogP contribution in [0.2, 0.25) is 0 Å². The molecule has 3 aromatic carbocycles. The van der Waals surface area contributed by atoms with Crippen molar-refractivity contribution < 1.29 is 23.9 Å². The zero-order chi connectivity index (χ0) is 27.1. The van der Waals surface area contributed by atoms with Gasteiger partial charge in [0.2, 0.25) is 5.91 Å². The number of benzene rings is 3. The lowest BCUT2D eigenvalue weighted by molar-refractivity contribution is -0.124. The summed E-state index contributed by atoms with van der Waals surface area (Å²) in [5, 5.41) is 3.17. The van der Waals surface area contributed by atoms with Gasteiger partial charge in [-0.05, 0) is 79.7 Å². The number of ether oxygens (including phenoxy) is 2. The molecule has 1 fully saturated rings. The Labute approximate surface area is 227 Å². The van der Waals surface area contributed by atoms with Gasteiger partial charge in [-0.2, -0.15) is 0 Å². The molecule has 8 nitrogen and oxygen atoms in total. The van der Waals surface area contributed by atoms with Gasteiger partial charge in [0.1, 0.15) is 11.8 Å². The second kappa shape index (κ2) is 12.3. The molecule has 0 aromatic heterocycles. The molecule has 4 rings (SSSR count). The maximum Gasteiger partial charge on any atom is 0.338 e. The summed E-state index contributed by atoms with van der Waals surface area (Å²) >= 11 is 5.74. The number of hydrogen-bond donors (Lipinski definition) is 1. The molecule has 2 amide bonds. The van der Waals surface area contributed by atoms with Crippen LogP contribution in [0, 0.1) is 0 Å². The molecule has 0 radical (unpaired) electrons. The standard InChI is InChI=1S/C29H29N3O5S/c1-3-37-28(35)21-9-11-22(12-10-21)30-26(33)19-25-27(34)32(23-13-15-24(36-2)16-14-23)29(38)31(25)18-17-20-7-5-4-6-8-20/h4-16,25H,3,17-19H2,1-2H3,(H,30,33)/t25-/m1/s1. The van der Waals surface area contributed by atoms with E-state index in [9.17, 15) is 14.4 Å². The van der Waals surface area contributed by atoms with Gasteiger partial charge in [0.05, 0.1) is 31.4 Å². The van der Waals surface area contributed by atoms with Crippen molar-refractivity contribution in [3.63, 3.8) is 0 Å². The van der Waals surface area contributed by atoms with Crippen molar-refractivity contribution in [1.82, 2.24) is 4.90 Å². The highest BCUT2D eigenvalue weighted by Gasteiger charge is 2.43. The van der Waals surface area contributed by atoms with Crippen LogP contribution >= 0.6 is 12.2 Å². The monoisotopic (exact) mass is 531 g/mol. The van der Waals surface area contributed by atoms with Crippen molar-refractivity contribution in [2.45, 2.75) is 25.8 Å². The molecule has 38 heavy (non-hydrogen) atoms. The van der Waals surface area contributed by atoms with E-state index in [4.69, 9.17) is 21.7 Å². The van der Waals surface area contributed by atoms with Crippen molar-refractivity contribution in [3.05, 3.63) is 90.0 Å². The SMILES string of the molecule is CCOC(=O)c1ccc(NC(=O)C[C@@H]2C(=O)N(c3ccc(OC)cc3)C(=S)N2CCc2ccccc2)cc1. The second-order valence-corrected chi connectivity index (χ2v) is 9.01. The molecule has 0 bridgehead atoms. The maximum atomic E-state index is 13.6. The topological polar surface area (TPSA) is 88.2 Å². The summed E-state index contributed by atoms with van der Waals surface area (Å²) in [6.45, 7) is 2.50. The van der Waals surface area contributed by atoms with Gasteiger partial charge in [0.15, 0.2) is 5.11 Å². The third-order valence-electron chi connectivity index (χ3n) is 6.19. The largest absolute Gasteiger partial charge is 0.497 e. The molecule has 9 heteroatoms. The van der Waals surface area contributed by atoms with Crippen LogP contribution in [0.15, 0.2) is 78.9 Å². The number of thiocarbonyl (C=S) groups is 1. The van der Waals surface area contributed by atoms with E-state index in [2.05, 4.69) is 5.32 Å². The van der Waals surface area contributed by atoms with Crippen LogP contribution in [0.1, 0.15) is 29.3 Å². The first-order valence-corrected chi connectivity index (χ1v) is 12.7. The Hall–Kier alpha value is -4.24. The lowest BCUT2D eigenvalue weighted by Gasteiger charge is -2.24. The van der Waals surface area contributed by atoms with E-state index in [0.717, 1.165) is 5.56 Å². The van der Waals surface area contributed by atoms with Crippen LogP contribution in [0.25, 0.3) is 0 Å². The molecule has 1 aliphatic heterocycles. The Kier molecular flexibility index (Phi) is 8.70. The second-order valence-electron chi connectivity index (χ2n) is 8.65. The Morgan fingerprint density at radius 1 is 0.974 bits per heavy atom. The van der Waals surface area contributed by atoms with Crippen LogP contribution in [0.4, 0.5) is 11.4 Å². The number of carbonyl (C=O) groups is 3. The fourth-order valence-electron chi connectivity index (χ4n) is 4.24. The van der Waals surface area contributed by atoms with Gasteiger partial charge < -0.3 is 19.7 Å². The van der Waals surface area contributed by atoms with E-state index in [1.807, 2.05) is 35.2 Å². The lowest BCUT2D eigenvalue weighted by Crippen LogP contribution is -2.39. The van der Waals surface area contributed by atoms with E-state index in [0.29, 0.717) is 40.8 Å². The summed E-state index contributed by atoms with van der Waals surface area (Å²) in [7, 11) is 1.57. The molecule has 3 aromatic rings. The number of rotatable bonds is 10. The molecular formula is C29H29N3O5S. The molecule has 0 saturated carbocycles. The first-order chi connectivity index (χ1) is 18.4. The average Bonchev–Trinajstić information content (AvgIpc) is 3.16. The molecule has 196 valence electrons. The van der Waals surface area contributed by atoms with E-state index in [1.54, 1.807) is 62.6 Å². The number of nitrogens with zero attached hydrogens (tertiary/aromatic N) is 2. The minimum atomic E-state index is -0.757. The minimum absolute atomic E-state index is 0.0833. The Morgan fingerprint density at radius 3 is 2.29 bits per heavy atom. The molecule has 1 heterocycles. The fourth-order valence-corrected chi connectivity index (χ4v) is 4.66. The molecule has 1 aliphatic rings. The van der Waals surface area contributed by atoms with Crippen LogP contribution in [-0.2, 0) is 20.7 Å². The highest BCUT2D eigenvalue weighted by molar-refractivity contribution is 7.80. The van der Waals surface area contributed by atoms with Crippen molar-refractivity contribution in [3.8, 4) is 5.75 Å². The number of hydrogen-bond acceptors (Lipinski definition) is 6. The van der Waals surface area contributed by atoms with E-state index >= 15 is 0 Å². The van der Waals surface area contributed by atoms with Gasteiger partial charge >= 0.3 is 5.97 Å². The molecular weight excluding hydrogens is 502 g/mol. The summed E-state index contributed by atoms with van der Waals surface area (Å²) in [5.41, 5.74) is 2.63. The lowest BCUT2D eigenvalue weighted by atomic mass is 10.1. The predicted octanol–water partition coefficient (Wildman–Crippen LogP) is 4.45. The van der Waals surface area contributed by atoms with E-state index in [-0.39, 0.29) is 24.8 Å². The number of anilines is 2. The van der Waals surface area contributed by atoms with Gasteiger partial charge in [0, 0.05) is 12.2 Å². The summed E-state index contributed by atoms with van der Waals surface area (Å²) in [5.74, 6) is -0.363. The summed E-state index contributed by atoms with van der Waals surface area (Å²) in [4.78, 5) is 41.8. The Morgan fingerprint density at radius 2 is 1.66 bits per heavy atom. The molecule has 0 unspecified atom stereocenters. The van der Waals surface area contributed by atoms with E-state index in [1.165, 1.54) is 4.90 Å². The third-order valence-corrected chi connectivity index (χ3v) is 6.61. The normalized spacial score (nSPS) is 14.9. The number of nitrogens with one attached hydrogen (secondary N) is 1. The summed E-state index contributed by atoms with van der Waals surface area (Å²) in [6, 6.07) is 22.6. The molecule has 1 atom stereocenters. The van der Waals surface area contributed by atoms with Crippen LogP contribution in [-0.4, -0.2) is 54.1 Å². The Balaban J connectivity index is 1.51. The number of amides is 2. The predicted molar refractivity (Wildman–Crippen MR) is 149 cm³/mol. The molecule has 1 saturated heterocycles. The maximum absolute atomic E-state index is 13.6. The molecule has 0 spiro atoms. The molecule has 1 N–H and O–H groups in total. The molecule has 0 aliphatic carbocycles. The number of carbonyl (C=O) groups excluding carboxylic acids is 3. The minimum Gasteiger partial charge on any atom is -0.497 e. The van der Waals surface area contributed by atoms with Gasteiger partial charge in [-0.1, -0.05) is 30.3 Å². The van der Waals surface area contributed by atoms with Crippen molar-refractivity contribution >= 4 is 46.5 Å². The first kappa shape index (κ1) is 26.8. The van der Waals surface area contributed by atoms with Crippen LogP contribution < -0.4 is 15.0 Å². The first-order valence-electron chi connectivity index (χ1n) is 12.3. The average molecular weight is 532 g/mol. The Bertz CT molecular complexity index is 1300. The van der Waals surface area contributed by atoms with Gasteiger partial charge in [0.25, 0.3) is 5.91 Å². The zero-order valence-electron chi connectivity index (χ0n) is 21.3. The van der Waals surface area contributed by atoms with Gasteiger partial charge in [-0.3, -0.25) is 14.5 Å². The number of esters is 1. The van der Waals surface area contributed by atoms with Crippen molar-refractivity contribution in [1.29, 1.82) is 0 Å². The highest BCUT2D eigenvalue weighted by atomic mass is 32.1. The fraction of sp³-hybridized carbons (Fsp3) is 0.241. The van der Waals surface area contributed by atoms with Crippen LogP contribution in [0.3, 0.4) is 0 Å². The summed E-state index contributed by atoms with van der Waals surface area (Å²) in [6.07, 6.45) is 0.582. The van der Waals surface area contributed by atoms with Gasteiger partial charge in [-0.25, -0.2) is 4.79 Å². The van der Waals surface area contributed by atoms with Gasteiger partial charge in [-0.15, -0.1) is 0 Å². The smallest absolute Gasteiger partial charge is 0.338 e. The summed E-state index contributed by atoms with van der Waals surface area (Å²) < 4.78 is 10.2.